The molecule has 7 heteroatoms. The lowest BCUT2D eigenvalue weighted by Crippen LogP contribution is -2.65. The lowest BCUT2D eigenvalue weighted by atomic mass is 9.85. The molecule has 1 aromatic carbocycles. The number of hydrogen-bond acceptors (Lipinski definition) is 4. The van der Waals surface area contributed by atoms with Gasteiger partial charge >= 0.3 is 0 Å². The van der Waals surface area contributed by atoms with Crippen molar-refractivity contribution in [1.29, 1.82) is 0 Å². The van der Waals surface area contributed by atoms with Crippen molar-refractivity contribution in [1.82, 2.24) is 4.31 Å². The van der Waals surface area contributed by atoms with Crippen molar-refractivity contribution in [3.8, 4) is 5.75 Å². The van der Waals surface area contributed by atoms with Crippen molar-refractivity contribution in [3.05, 3.63) is 22.7 Å². The monoisotopic (exact) mass is 363 g/mol. The first-order chi connectivity index (χ1) is 9.20. The van der Waals surface area contributed by atoms with Crippen LogP contribution in [0.5, 0.6) is 5.75 Å². The molecule has 0 aliphatic carbocycles. The van der Waals surface area contributed by atoms with E-state index in [2.05, 4.69) is 15.9 Å². The van der Waals surface area contributed by atoms with E-state index in [-0.39, 0.29) is 23.9 Å². The van der Waals surface area contributed by atoms with Gasteiger partial charge in [-0.3, -0.25) is 0 Å². The van der Waals surface area contributed by atoms with Gasteiger partial charge in [0.1, 0.15) is 10.6 Å². The van der Waals surface area contributed by atoms with Crippen molar-refractivity contribution in [2.45, 2.75) is 24.3 Å². The van der Waals surface area contributed by atoms with Crippen molar-refractivity contribution in [3.63, 3.8) is 0 Å². The van der Waals surface area contributed by atoms with E-state index < -0.39 is 15.6 Å². The van der Waals surface area contributed by atoms with Crippen molar-refractivity contribution >= 4 is 26.0 Å². The molecule has 0 atom stereocenters. The van der Waals surface area contributed by atoms with Crippen LogP contribution < -0.4 is 4.74 Å². The van der Waals surface area contributed by atoms with Gasteiger partial charge in [-0.05, 0) is 24.1 Å². The zero-order valence-electron chi connectivity index (χ0n) is 11.6. The first-order valence-corrected chi connectivity index (χ1v) is 8.50. The van der Waals surface area contributed by atoms with E-state index in [4.69, 9.17) is 4.74 Å². The first kappa shape index (κ1) is 15.8. The van der Waals surface area contributed by atoms with Gasteiger partial charge in [0.25, 0.3) is 0 Å². The molecule has 2 rings (SSSR count). The van der Waals surface area contributed by atoms with Gasteiger partial charge in [-0.25, -0.2) is 8.42 Å². The average molecular weight is 364 g/mol. The summed E-state index contributed by atoms with van der Waals surface area (Å²) in [6.07, 6.45) is 0. The molecule has 1 aliphatic heterocycles. The lowest BCUT2D eigenvalue weighted by Gasteiger charge is -2.47. The summed E-state index contributed by atoms with van der Waals surface area (Å²) in [5, 5.41) is 10.2. The molecule has 1 heterocycles. The Hall–Kier alpha value is -0.630. The summed E-state index contributed by atoms with van der Waals surface area (Å²) in [7, 11) is -2.22. The molecule has 0 amide bonds. The number of aliphatic hydroxyl groups is 1. The van der Waals surface area contributed by atoms with Crippen LogP contribution in [0, 0.1) is 5.92 Å². The fourth-order valence-electron chi connectivity index (χ4n) is 2.09. The zero-order valence-corrected chi connectivity index (χ0v) is 14.0. The fraction of sp³-hybridized carbons (Fsp3) is 0.538. The third kappa shape index (κ3) is 2.59. The van der Waals surface area contributed by atoms with E-state index in [0.717, 1.165) is 0 Å². The summed E-state index contributed by atoms with van der Waals surface area (Å²) >= 11 is 3.26. The van der Waals surface area contributed by atoms with Crippen LogP contribution in [0.4, 0.5) is 0 Å². The van der Waals surface area contributed by atoms with Gasteiger partial charge in [-0.2, -0.15) is 4.31 Å². The van der Waals surface area contributed by atoms with Crippen molar-refractivity contribution < 1.29 is 18.3 Å². The Kier molecular flexibility index (Phi) is 4.17. The van der Waals surface area contributed by atoms with Crippen LogP contribution in [0.25, 0.3) is 0 Å². The standard InChI is InChI=1S/C13H18BrNO4S/c1-9(2)13(16)7-15(8-13)20(17,18)12-6-10(14)4-5-11(12)19-3/h4-6,9,16H,7-8H2,1-3H3. The van der Waals surface area contributed by atoms with E-state index in [0.29, 0.717) is 10.2 Å². The number of benzene rings is 1. The minimum Gasteiger partial charge on any atom is -0.495 e. The SMILES string of the molecule is COc1ccc(Br)cc1S(=O)(=O)N1CC(O)(C(C)C)C1. The molecule has 112 valence electrons. The van der Waals surface area contributed by atoms with Crippen molar-refractivity contribution in [2.75, 3.05) is 20.2 Å². The summed E-state index contributed by atoms with van der Waals surface area (Å²) in [5.74, 6) is 0.312. The first-order valence-electron chi connectivity index (χ1n) is 6.27. The highest BCUT2D eigenvalue weighted by Crippen LogP contribution is 2.36. The van der Waals surface area contributed by atoms with E-state index in [9.17, 15) is 13.5 Å². The van der Waals surface area contributed by atoms with Crippen LogP contribution in [-0.4, -0.2) is 43.6 Å². The number of sulfonamides is 1. The molecule has 0 radical (unpaired) electrons. The van der Waals surface area contributed by atoms with Gasteiger partial charge in [0.05, 0.1) is 12.7 Å². The van der Waals surface area contributed by atoms with Gasteiger partial charge in [0, 0.05) is 17.6 Å². The van der Waals surface area contributed by atoms with Crippen LogP contribution in [0.1, 0.15) is 13.8 Å². The second-order valence-corrected chi connectivity index (χ2v) is 8.15. The maximum Gasteiger partial charge on any atom is 0.246 e. The second kappa shape index (κ2) is 5.29. The molecule has 1 saturated heterocycles. The Morgan fingerprint density at radius 3 is 2.50 bits per heavy atom. The third-order valence-electron chi connectivity index (χ3n) is 3.72. The smallest absolute Gasteiger partial charge is 0.246 e. The maximum atomic E-state index is 12.6. The highest BCUT2D eigenvalue weighted by molar-refractivity contribution is 9.10. The normalized spacial score (nSPS) is 18.9. The molecular formula is C13H18BrNO4S. The van der Waals surface area contributed by atoms with E-state index in [1.807, 2.05) is 13.8 Å². The molecule has 1 fully saturated rings. The van der Waals surface area contributed by atoms with Gasteiger partial charge < -0.3 is 9.84 Å². The molecule has 1 N–H and O–H groups in total. The third-order valence-corrected chi connectivity index (χ3v) is 6.02. The number of methoxy groups -OCH3 is 1. The minimum atomic E-state index is -3.65. The largest absolute Gasteiger partial charge is 0.495 e. The number of halogens is 1. The Bertz CT molecular complexity index is 609. The summed E-state index contributed by atoms with van der Waals surface area (Å²) in [6, 6.07) is 4.84. The average Bonchev–Trinajstić information content (AvgIpc) is 2.34. The van der Waals surface area contributed by atoms with Crippen LogP contribution in [0.15, 0.2) is 27.6 Å². The Morgan fingerprint density at radius 2 is 2.00 bits per heavy atom. The fourth-order valence-corrected chi connectivity index (χ4v) is 4.35. The zero-order chi connectivity index (χ0) is 15.1. The lowest BCUT2D eigenvalue weighted by molar-refractivity contribution is -0.0932. The number of nitrogens with zero attached hydrogens (tertiary/aromatic N) is 1. The molecule has 0 spiro atoms. The summed E-state index contributed by atoms with van der Waals surface area (Å²) in [5.41, 5.74) is -0.938. The second-order valence-electron chi connectivity index (χ2n) is 5.33. The van der Waals surface area contributed by atoms with Gasteiger partial charge in [-0.1, -0.05) is 29.8 Å². The minimum absolute atomic E-state index is 0.0124. The summed E-state index contributed by atoms with van der Waals surface area (Å²) < 4.78 is 32.2. The van der Waals surface area contributed by atoms with Crippen LogP contribution in [0.3, 0.4) is 0 Å². The van der Waals surface area contributed by atoms with Crippen LogP contribution >= 0.6 is 15.9 Å². The number of rotatable bonds is 4. The Morgan fingerprint density at radius 1 is 1.40 bits per heavy atom. The Labute approximate surface area is 127 Å². The molecule has 20 heavy (non-hydrogen) atoms. The maximum absolute atomic E-state index is 12.6. The summed E-state index contributed by atoms with van der Waals surface area (Å²) in [6.45, 7) is 3.98. The van der Waals surface area contributed by atoms with Gasteiger partial charge in [0.15, 0.2) is 0 Å². The van der Waals surface area contributed by atoms with E-state index >= 15 is 0 Å². The highest BCUT2D eigenvalue weighted by Gasteiger charge is 2.49. The van der Waals surface area contributed by atoms with E-state index in [1.54, 1.807) is 12.1 Å². The molecule has 0 aromatic heterocycles. The van der Waals surface area contributed by atoms with Gasteiger partial charge in [0.2, 0.25) is 10.0 Å². The molecule has 0 bridgehead atoms. The molecule has 1 aromatic rings. The Balaban J connectivity index is 2.32. The molecule has 0 unspecified atom stereocenters. The predicted octanol–water partition coefficient (Wildman–Crippen LogP) is 1.85. The molecular weight excluding hydrogens is 346 g/mol. The molecule has 0 saturated carbocycles. The number of ether oxygens (including phenoxy) is 1. The van der Waals surface area contributed by atoms with Crippen LogP contribution in [0.2, 0.25) is 0 Å². The predicted molar refractivity (Wildman–Crippen MR) is 79.2 cm³/mol. The highest BCUT2D eigenvalue weighted by atomic mass is 79.9. The number of hydrogen-bond donors (Lipinski definition) is 1. The summed E-state index contributed by atoms with van der Waals surface area (Å²) in [4.78, 5) is 0.111. The van der Waals surface area contributed by atoms with E-state index in [1.165, 1.54) is 17.5 Å². The number of β-amino-alcohol motifs (C(OH)–C–C–N with tert-alkyl or cyclic N) is 1. The van der Waals surface area contributed by atoms with Gasteiger partial charge in [-0.15, -0.1) is 0 Å². The van der Waals surface area contributed by atoms with Crippen molar-refractivity contribution in [2.24, 2.45) is 5.92 Å². The topological polar surface area (TPSA) is 66.8 Å². The molecule has 1 aliphatic rings. The molecule has 5 nitrogen and oxygen atoms in total. The quantitative estimate of drug-likeness (QED) is 0.886. The van der Waals surface area contributed by atoms with Crippen LogP contribution in [-0.2, 0) is 10.0 Å².